The molecule has 98 valence electrons. The summed E-state index contributed by atoms with van der Waals surface area (Å²) in [6.45, 7) is 1.86. The third kappa shape index (κ3) is 3.00. The highest BCUT2D eigenvalue weighted by atomic mass is 35.5. The number of halogens is 2. The van der Waals surface area contributed by atoms with Crippen LogP contribution in [0.3, 0.4) is 0 Å². The van der Waals surface area contributed by atoms with Crippen molar-refractivity contribution in [1.82, 2.24) is 0 Å². The van der Waals surface area contributed by atoms with Crippen LogP contribution >= 0.6 is 23.2 Å². The standard InChI is InChI=1S/C14H12Cl2N2O/c1-8-4-2-3-5-10(8)14(19)18-13-11(16)6-9(15)7-12(13)17/h2-7H,17H2,1H3,(H,18,19). The van der Waals surface area contributed by atoms with Crippen LogP contribution in [-0.4, -0.2) is 5.91 Å². The van der Waals surface area contributed by atoms with Crippen molar-refractivity contribution in [2.75, 3.05) is 11.1 Å². The lowest BCUT2D eigenvalue weighted by atomic mass is 10.1. The molecule has 0 aromatic heterocycles. The van der Waals surface area contributed by atoms with E-state index in [1.54, 1.807) is 18.2 Å². The number of hydrogen-bond acceptors (Lipinski definition) is 2. The van der Waals surface area contributed by atoms with Crippen molar-refractivity contribution in [3.05, 3.63) is 57.6 Å². The molecule has 0 aliphatic rings. The summed E-state index contributed by atoms with van der Waals surface area (Å²) < 4.78 is 0. The third-order valence-electron chi connectivity index (χ3n) is 2.71. The van der Waals surface area contributed by atoms with Gasteiger partial charge < -0.3 is 11.1 Å². The smallest absolute Gasteiger partial charge is 0.256 e. The number of hydrogen-bond donors (Lipinski definition) is 2. The quantitative estimate of drug-likeness (QED) is 0.818. The van der Waals surface area contributed by atoms with E-state index in [0.717, 1.165) is 5.56 Å². The lowest BCUT2D eigenvalue weighted by molar-refractivity contribution is 0.102. The summed E-state index contributed by atoms with van der Waals surface area (Å²) >= 11 is 11.9. The first-order valence-corrected chi connectivity index (χ1v) is 6.36. The van der Waals surface area contributed by atoms with Crippen LogP contribution in [0.4, 0.5) is 11.4 Å². The molecule has 0 aliphatic heterocycles. The molecule has 0 fully saturated rings. The molecular weight excluding hydrogens is 283 g/mol. The molecule has 0 saturated heterocycles. The molecule has 2 aromatic rings. The first-order chi connectivity index (χ1) is 8.99. The maximum Gasteiger partial charge on any atom is 0.256 e. The number of nitrogen functional groups attached to an aromatic ring is 1. The van der Waals surface area contributed by atoms with Crippen LogP contribution in [-0.2, 0) is 0 Å². The van der Waals surface area contributed by atoms with Gasteiger partial charge in [-0.1, -0.05) is 41.4 Å². The van der Waals surface area contributed by atoms with Gasteiger partial charge in [0.2, 0.25) is 0 Å². The number of carbonyl (C=O) groups is 1. The topological polar surface area (TPSA) is 55.1 Å². The van der Waals surface area contributed by atoms with E-state index < -0.39 is 0 Å². The summed E-state index contributed by atoms with van der Waals surface area (Å²) in [5.74, 6) is -0.256. The fraction of sp³-hybridized carbons (Fsp3) is 0.0714. The predicted octanol–water partition coefficient (Wildman–Crippen LogP) is 4.14. The van der Waals surface area contributed by atoms with E-state index in [4.69, 9.17) is 28.9 Å². The van der Waals surface area contributed by atoms with E-state index in [9.17, 15) is 4.79 Å². The van der Waals surface area contributed by atoms with Crippen LogP contribution in [0, 0.1) is 6.92 Å². The van der Waals surface area contributed by atoms with E-state index in [1.165, 1.54) is 6.07 Å². The average Bonchev–Trinajstić information content (AvgIpc) is 2.34. The second-order valence-electron chi connectivity index (χ2n) is 4.12. The van der Waals surface area contributed by atoms with Gasteiger partial charge in [-0.2, -0.15) is 0 Å². The Morgan fingerprint density at radius 3 is 2.53 bits per heavy atom. The fourth-order valence-corrected chi connectivity index (χ4v) is 2.29. The molecule has 0 radical (unpaired) electrons. The van der Waals surface area contributed by atoms with Gasteiger partial charge in [-0.05, 0) is 30.7 Å². The molecule has 3 nitrogen and oxygen atoms in total. The van der Waals surface area contributed by atoms with Gasteiger partial charge in [-0.15, -0.1) is 0 Å². The molecule has 0 unspecified atom stereocenters. The van der Waals surface area contributed by atoms with E-state index in [1.807, 2.05) is 19.1 Å². The summed E-state index contributed by atoms with van der Waals surface area (Å²) in [5.41, 5.74) is 7.97. The molecule has 2 aromatic carbocycles. The fourth-order valence-electron chi connectivity index (χ4n) is 1.73. The molecule has 2 rings (SSSR count). The van der Waals surface area contributed by atoms with Gasteiger partial charge in [0.15, 0.2) is 0 Å². The van der Waals surface area contributed by atoms with Gasteiger partial charge in [0.1, 0.15) is 0 Å². The maximum absolute atomic E-state index is 12.2. The van der Waals surface area contributed by atoms with Crippen LogP contribution in [0.25, 0.3) is 0 Å². The Morgan fingerprint density at radius 1 is 1.21 bits per heavy atom. The summed E-state index contributed by atoms with van der Waals surface area (Å²) in [7, 11) is 0. The normalized spacial score (nSPS) is 10.3. The summed E-state index contributed by atoms with van der Waals surface area (Å²) in [4.78, 5) is 12.2. The van der Waals surface area contributed by atoms with Gasteiger partial charge in [0.05, 0.1) is 16.4 Å². The zero-order chi connectivity index (χ0) is 14.0. The van der Waals surface area contributed by atoms with Crippen molar-refractivity contribution in [3.63, 3.8) is 0 Å². The molecule has 1 amide bonds. The molecule has 3 N–H and O–H groups in total. The number of amides is 1. The summed E-state index contributed by atoms with van der Waals surface area (Å²) in [6.07, 6.45) is 0. The summed E-state index contributed by atoms with van der Waals surface area (Å²) in [6, 6.07) is 10.4. The van der Waals surface area contributed by atoms with Crippen molar-refractivity contribution >= 4 is 40.5 Å². The molecule has 0 spiro atoms. The summed E-state index contributed by atoms with van der Waals surface area (Å²) in [5, 5.41) is 3.45. The molecule has 0 heterocycles. The van der Waals surface area contributed by atoms with Crippen LogP contribution in [0.2, 0.25) is 10.0 Å². The minimum absolute atomic E-state index is 0.256. The maximum atomic E-state index is 12.2. The second-order valence-corrected chi connectivity index (χ2v) is 4.96. The number of anilines is 2. The molecule has 0 atom stereocenters. The number of rotatable bonds is 2. The van der Waals surface area contributed by atoms with Crippen LogP contribution in [0.15, 0.2) is 36.4 Å². The highest BCUT2D eigenvalue weighted by molar-refractivity contribution is 6.37. The van der Waals surface area contributed by atoms with Crippen molar-refractivity contribution in [3.8, 4) is 0 Å². The number of nitrogens with one attached hydrogen (secondary N) is 1. The van der Waals surface area contributed by atoms with Gasteiger partial charge >= 0.3 is 0 Å². The van der Waals surface area contributed by atoms with Crippen LogP contribution in [0.1, 0.15) is 15.9 Å². The van der Waals surface area contributed by atoms with Crippen molar-refractivity contribution in [2.24, 2.45) is 0 Å². The largest absolute Gasteiger partial charge is 0.397 e. The third-order valence-corrected chi connectivity index (χ3v) is 3.23. The Bertz CT molecular complexity index is 618. The first-order valence-electron chi connectivity index (χ1n) is 5.60. The van der Waals surface area contributed by atoms with Crippen molar-refractivity contribution in [1.29, 1.82) is 0 Å². The monoisotopic (exact) mass is 294 g/mol. The zero-order valence-electron chi connectivity index (χ0n) is 10.2. The van der Waals surface area contributed by atoms with Crippen LogP contribution < -0.4 is 11.1 Å². The lowest BCUT2D eigenvalue weighted by Gasteiger charge is -2.11. The van der Waals surface area contributed by atoms with E-state index in [0.29, 0.717) is 27.0 Å². The minimum atomic E-state index is -0.256. The van der Waals surface area contributed by atoms with E-state index >= 15 is 0 Å². The number of benzene rings is 2. The second kappa shape index (κ2) is 5.51. The van der Waals surface area contributed by atoms with Gasteiger partial charge in [0, 0.05) is 10.6 Å². The molecule has 5 heteroatoms. The van der Waals surface area contributed by atoms with E-state index in [2.05, 4.69) is 5.32 Å². The van der Waals surface area contributed by atoms with Gasteiger partial charge in [0.25, 0.3) is 5.91 Å². The Balaban J connectivity index is 2.32. The Hall–Kier alpha value is -1.71. The average molecular weight is 295 g/mol. The Morgan fingerprint density at radius 2 is 1.89 bits per heavy atom. The SMILES string of the molecule is Cc1ccccc1C(=O)Nc1c(N)cc(Cl)cc1Cl. The number of aryl methyl sites for hydroxylation is 1. The molecule has 0 aliphatic carbocycles. The number of carbonyl (C=O) groups excluding carboxylic acids is 1. The molecule has 0 saturated carbocycles. The number of nitrogens with two attached hydrogens (primary N) is 1. The minimum Gasteiger partial charge on any atom is -0.397 e. The highest BCUT2D eigenvalue weighted by Gasteiger charge is 2.13. The molecule has 19 heavy (non-hydrogen) atoms. The first kappa shape index (κ1) is 13.7. The molecule has 0 bridgehead atoms. The predicted molar refractivity (Wildman–Crippen MR) is 80.0 cm³/mol. The van der Waals surface area contributed by atoms with Gasteiger partial charge in [-0.25, -0.2) is 0 Å². The van der Waals surface area contributed by atoms with Crippen molar-refractivity contribution in [2.45, 2.75) is 6.92 Å². The molecular formula is C14H12Cl2N2O. The highest BCUT2D eigenvalue weighted by Crippen LogP contribution is 2.32. The zero-order valence-corrected chi connectivity index (χ0v) is 11.7. The lowest BCUT2D eigenvalue weighted by Crippen LogP contribution is -2.14. The van der Waals surface area contributed by atoms with Gasteiger partial charge in [-0.3, -0.25) is 4.79 Å². The Labute approximate surface area is 121 Å². The van der Waals surface area contributed by atoms with Crippen molar-refractivity contribution < 1.29 is 4.79 Å². The Kier molecular flexibility index (Phi) is 3.98. The van der Waals surface area contributed by atoms with Crippen LogP contribution in [0.5, 0.6) is 0 Å². The van der Waals surface area contributed by atoms with E-state index in [-0.39, 0.29) is 5.91 Å².